The van der Waals surface area contributed by atoms with Crippen molar-refractivity contribution >= 4 is 17.3 Å². The van der Waals surface area contributed by atoms with Crippen molar-refractivity contribution in [1.82, 2.24) is 0 Å². The number of nitrogens with two attached hydrogens (primary N) is 1. The largest absolute Gasteiger partial charge is 0.398 e. The van der Waals surface area contributed by atoms with Gasteiger partial charge in [0, 0.05) is 16.3 Å². The zero-order chi connectivity index (χ0) is 12.4. The summed E-state index contributed by atoms with van der Waals surface area (Å²) in [7, 11) is 0. The number of hydrogen-bond donors (Lipinski definition) is 2. The van der Waals surface area contributed by atoms with Gasteiger partial charge in [-0.25, -0.2) is 0 Å². The predicted molar refractivity (Wildman–Crippen MR) is 71.1 cm³/mol. The summed E-state index contributed by atoms with van der Waals surface area (Å²) in [6, 6.07) is 12.7. The Hall–Kier alpha value is -1.51. The topological polar surface area (TPSA) is 46.2 Å². The Morgan fingerprint density at radius 2 is 1.76 bits per heavy atom. The molecule has 88 valence electrons. The molecule has 2 aromatic rings. The molecule has 0 radical (unpaired) electrons. The number of rotatable bonds is 2. The maximum absolute atomic E-state index is 10.2. The van der Waals surface area contributed by atoms with Gasteiger partial charge in [-0.15, -0.1) is 0 Å². The van der Waals surface area contributed by atoms with Crippen molar-refractivity contribution in [2.75, 3.05) is 5.73 Å². The Bertz CT molecular complexity index is 522. The van der Waals surface area contributed by atoms with Crippen molar-refractivity contribution in [3.8, 4) is 0 Å². The minimum absolute atomic E-state index is 0.604. The van der Waals surface area contributed by atoms with Crippen LogP contribution >= 0.6 is 11.6 Å². The van der Waals surface area contributed by atoms with Crippen molar-refractivity contribution < 1.29 is 5.11 Å². The van der Waals surface area contributed by atoms with Crippen molar-refractivity contribution in [2.45, 2.75) is 13.0 Å². The molecule has 0 aliphatic carbocycles. The van der Waals surface area contributed by atoms with Gasteiger partial charge in [0.05, 0.1) is 0 Å². The minimum atomic E-state index is -0.715. The lowest BCUT2D eigenvalue weighted by Gasteiger charge is -2.14. The van der Waals surface area contributed by atoms with Crippen LogP contribution in [0.3, 0.4) is 0 Å². The van der Waals surface area contributed by atoms with E-state index in [0.29, 0.717) is 10.7 Å². The summed E-state index contributed by atoms with van der Waals surface area (Å²) in [5.74, 6) is 0. The highest BCUT2D eigenvalue weighted by Gasteiger charge is 2.13. The zero-order valence-corrected chi connectivity index (χ0v) is 10.3. The SMILES string of the molecule is Cc1ccc(C(O)c2ccc(Cl)cc2)c(N)c1. The first-order chi connectivity index (χ1) is 8.08. The summed E-state index contributed by atoms with van der Waals surface area (Å²) in [6.07, 6.45) is -0.715. The molecule has 0 bridgehead atoms. The lowest BCUT2D eigenvalue weighted by molar-refractivity contribution is 0.221. The Kier molecular flexibility index (Phi) is 3.36. The molecule has 2 nitrogen and oxygen atoms in total. The Labute approximate surface area is 106 Å². The third kappa shape index (κ3) is 2.60. The maximum Gasteiger partial charge on any atom is 0.106 e. The molecule has 0 aromatic heterocycles. The fourth-order valence-corrected chi connectivity index (χ4v) is 1.89. The number of nitrogen functional groups attached to an aromatic ring is 1. The van der Waals surface area contributed by atoms with Gasteiger partial charge in [0.25, 0.3) is 0 Å². The normalized spacial score (nSPS) is 12.4. The van der Waals surface area contributed by atoms with Gasteiger partial charge in [-0.1, -0.05) is 35.9 Å². The quantitative estimate of drug-likeness (QED) is 0.800. The summed E-state index contributed by atoms with van der Waals surface area (Å²) in [6.45, 7) is 1.97. The molecule has 2 rings (SSSR count). The van der Waals surface area contributed by atoms with E-state index in [0.717, 1.165) is 16.7 Å². The van der Waals surface area contributed by atoms with E-state index in [1.165, 1.54) is 0 Å². The maximum atomic E-state index is 10.2. The van der Waals surface area contributed by atoms with Gasteiger partial charge in [0.1, 0.15) is 6.10 Å². The summed E-state index contributed by atoms with van der Waals surface area (Å²) in [5, 5.41) is 10.9. The van der Waals surface area contributed by atoms with Crippen LogP contribution in [0.5, 0.6) is 0 Å². The molecule has 1 atom stereocenters. The van der Waals surface area contributed by atoms with Crippen LogP contribution < -0.4 is 5.73 Å². The third-order valence-electron chi connectivity index (χ3n) is 2.72. The first-order valence-corrected chi connectivity index (χ1v) is 5.75. The molecule has 0 saturated carbocycles. The fraction of sp³-hybridized carbons (Fsp3) is 0.143. The van der Waals surface area contributed by atoms with Crippen LogP contribution in [0.1, 0.15) is 22.8 Å². The summed E-state index contributed by atoms with van der Waals surface area (Å²) in [5.41, 5.74) is 9.09. The van der Waals surface area contributed by atoms with Crippen molar-refractivity contribution in [1.29, 1.82) is 0 Å². The average molecular weight is 248 g/mol. The van der Waals surface area contributed by atoms with Gasteiger partial charge in [0.2, 0.25) is 0 Å². The molecule has 0 spiro atoms. The van der Waals surface area contributed by atoms with Crippen LogP contribution in [0, 0.1) is 6.92 Å². The average Bonchev–Trinajstić information content (AvgIpc) is 2.29. The molecule has 0 aliphatic rings. The summed E-state index contributed by atoms with van der Waals surface area (Å²) in [4.78, 5) is 0. The third-order valence-corrected chi connectivity index (χ3v) is 2.97. The number of aliphatic hydroxyl groups excluding tert-OH is 1. The van der Waals surface area contributed by atoms with E-state index in [1.54, 1.807) is 24.3 Å². The second-order valence-corrected chi connectivity index (χ2v) is 4.52. The first-order valence-electron chi connectivity index (χ1n) is 5.37. The smallest absolute Gasteiger partial charge is 0.106 e. The lowest BCUT2D eigenvalue weighted by atomic mass is 9.99. The van der Waals surface area contributed by atoms with Crippen LogP contribution in [-0.4, -0.2) is 5.11 Å². The van der Waals surface area contributed by atoms with E-state index in [9.17, 15) is 5.11 Å². The van der Waals surface area contributed by atoms with Crippen LogP contribution in [0.25, 0.3) is 0 Å². The molecule has 0 fully saturated rings. The Balaban J connectivity index is 2.36. The predicted octanol–water partition coefficient (Wildman–Crippen LogP) is 3.31. The van der Waals surface area contributed by atoms with Crippen molar-refractivity contribution in [3.63, 3.8) is 0 Å². The molecule has 0 amide bonds. The molecular weight excluding hydrogens is 234 g/mol. The highest BCUT2D eigenvalue weighted by Crippen LogP contribution is 2.27. The molecule has 2 aromatic carbocycles. The molecule has 0 aliphatic heterocycles. The van der Waals surface area contributed by atoms with Gasteiger partial charge in [0.15, 0.2) is 0 Å². The van der Waals surface area contributed by atoms with Crippen LogP contribution in [0.4, 0.5) is 5.69 Å². The highest BCUT2D eigenvalue weighted by molar-refractivity contribution is 6.30. The van der Waals surface area contributed by atoms with E-state index in [2.05, 4.69) is 0 Å². The van der Waals surface area contributed by atoms with Gasteiger partial charge >= 0.3 is 0 Å². The molecule has 1 unspecified atom stereocenters. The molecule has 0 heterocycles. The highest BCUT2D eigenvalue weighted by atomic mass is 35.5. The van der Waals surface area contributed by atoms with Crippen molar-refractivity contribution in [2.24, 2.45) is 0 Å². The summed E-state index contributed by atoms with van der Waals surface area (Å²) >= 11 is 5.81. The second kappa shape index (κ2) is 4.78. The number of aliphatic hydroxyl groups is 1. The molecule has 0 saturated heterocycles. The molecule has 17 heavy (non-hydrogen) atoms. The number of anilines is 1. The monoisotopic (exact) mass is 247 g/mol. The van der Waals surface area contributed by atoms with Crippen LogP contribution in [0.15, 0.2) is 42.5 Å². The lowest BCUT2D eigenvalue weighted by Crippen LogP contribution is -2.03. The Morgan fingerprint density at radius 3 is 2.35 bits per heavy atom. The van der Waals surface area contributed by atoms with E-state index < -0.39 is 6.10 Å². The standard InChI is InChI=1S/C14H14ClNO/c1-9-2-7-12(13(16)8-9)14(17)10-3-5-11(15)6-4-10/h2-8,14,17H,16H2,1H3. The second-order valence-electron chi connectivity index (χ2n) is 4.09. The fourth-order valence-electron chi connectivity index (χ4n) is 1.77. The minimum Gasteiger partial charge on any atom is -0.398 e. The van der Waals surface area contributed by atoms with Gasteiger partial charge in [-0.05, 0) is 36.2 Å². The summed E-state index contributed by atoms with van der Waals surface area (Å²) < 4.78 is 0. The van der Waals surface area contributed by atoms with Gasteiger partial charge < -0.3 is 10.8 Å². The molecule has 3 N–H and O–H groups in total. The van der Waals surface area contributed by atoms with Crippen LogP contribution in [-0.2, 0) is 0 Å². The van der Waals surface area contributed by atoms with Crippen LogP contribution in [0.2, 0.25) is 5.02 Å². The first kappa shape index (κ1) is 12.0. The molecule has 3 heteroatoms. The number of aryl methyl sites for hydroxylation is 1. The van der Waals surface area contributed by atoms with E-state index >= 15 is 0 Å². The molecular formula is C14H14ClNO. The van der Waals surface area contributed by atoms with Crippen molar-refractivity contribution in [3.05, 3.63) is 64.2 Å². The van der Waals surface area contributed by atoms with E-state index in [1.807, 2.05) is 25.1 Å². The van der Waals surface area contributed by atoms with Gasteiger partial charge in [-0.3, -0.25) is 0 Å². The van der Waals surface area contributed by atoms with Gasteiger partial charge in [-0.2, -0.15) is 0 Å². The Morgan fingerprint density at radius 1 is 1.12 bits per heavy atom. The number of benzene rings is 2. The number of halogens is 1. The van der Waals surface area contributed by atoms with E-state index in [-0.39, 0.29) is 0 Å². The number of hydrogen-bond acceptors (Lipinski definition) is 2. The zero-order valence-electron chi connectivity index (χ0n) is 9.52. The van der Waals surface area contributed by atoms with E-state index in [4.69, 9.17) is 17.3 Å².